The summed E-state index contributed by atoms with van der Waals surface area (Å²) in [5.41, 5.74) is 8.28. The molecule has 3 rings (SSSR count). The van der Waals surface area contributed by atoms with Gasteiger partial charge in [-0.1, -0.05) is 13.0 Å². The van der Waals surface area contributed by atoms with Crippen molar-refractivity contribution in [2.75, 3.05) is 39.1 Å². The maximum absolute atomic E-state index is 12.9. The van der Waals surface area contributed by atoms with Crippen LogP contribution < -0.4 is 29.6 Å². The van der Waals surface area contributed by atoms with E-state index in [0.29, 0.717) is 34.4 Å². The standard InChI is InChI=1S/C21H26N2O5/c1-6-14-19(12-7-8-16(25-2)15(22)9-12)23(21(14)24)13-10-17(26-3)20(28-5)18(11-13)27-4/h7-11,14,19H,6,22H2,1-5H3/t14-,19+/m1/s1. The van der Waals surface area contributed by atoms with Gasteiger partial charge in [-0.15, -0.1) is 0 Å². The number of carbonyl (C=O) groups is 1. The van der Waals surface area contributed by atoms with E-state index in [4.69, 9.17) is 24.7 Å². The molecule has 28 heavy (non-hydrogen) atoms. The molecule has 0 saturated carbocycles. The van der Waals surface area contributed by atoms with Crippen molar-refractivity contribution in [2.45, 2.75) is 19.4 Å². The van der Waals surface area contributed by atoms with Crippen LogP contribution in [0, 0.1) is 5.92 Å². The lowest BCUT2D eigenvalue weighted by Crippen LogP contribution is -2.55. The lowest BCUT2D eigenvalue weighted by molar-refractivity contribution is -0.130. The van der Waals surface area contributed by atoms with Crippen molar-refractivity contribution in [3.05, 3.63) is 35.9 Å². The minimum atomic E-state index is -0.131. The molecule has 2 aromatic carbocycles. The highest BCUT2D eigenvalue weighted by molar-refractivity contribution is 6.03. The predicted octanol–water partition coefficient (Wildman–Crippen LogP) is 3.42. The maximum Gasteiger partial charge on any atom is 0.233 e. The summed E-state index contributed by atoms with van der Waals surface area (Å²) in [6.45, 7) is 2.01. The number of benzene rings is 2. The van der Waals surface area contributed by atoms with Gasteiger partial charge >= 0.3 is 0 Å². The molecule has 1 heterocycles. The van der Waals surface area contributed by atoms with Crippen LogP contribution in [0.5, 0.6) is 23.0 Å². The molecule has 0 bridgehead atoms. The van der Waals surface area contributed by atoms with Crippen LogP contribution in [0.3, 0.4) is 0 Å². The van der Waals surface area contributed by atoms with E-state index in [2.05, 4.69) is 0 Å². The molecule has 0 radical (unpaired) electrons. The van der Waals surface area contributed by atoms with Gasteiger partial charge in [-0.25, -0.2) is 0 Å². The van der Waals surface area contributed by atoms with Crippen molar-refractivity contribution in [1.82, 2.24) is 0 Å². The van der Waals surface area contributed by atoms with Gasteiger partial charge in [0.25, 0.3) is 0 Å². The van der Waals surface area contributed by atoms with Crippen LogP contribution in [-0.4, -0.2) is 34.3 Å². The maximum atomic E-state index is 12.9. The molecule has 0 aromatic heterocycles. The Morgan fingerprint density at radius 2 is 1.54 bits per heavy atom. The van der Waals surface area contributed by atoms with E-state index in [1.807, 2.05) is 25.1 Å². The predicted molar refractivity (Wildman–Crippen MR) is 108 cm³/mol. The molecule has 2 atom stereocenters. The van der Waals surface area contributed by atoms with Crippen molar-refractivity contribution < 1.29 is 23.7 Å². The number of hydrogen-bond donors (Lipinski definition) is 1. The van der Waals surface area contributed by atoms with Crippen molar-refractivity contribution >= 4 is 17.3 Å². The second-order valence-electron chi connectivity index (χ2n) is 6.55. The molecule has 2 N–H and O–H groups in total. The number of anilines is 2. The summed E-state index contributed by atoms with van der Waals surface area (Å²) in [5, 5.41) is 0. The van der Waals surface area contributed by atoms with E-state index < -0.39 is 0 Å². The minimum Gasteiger partial charge on any atom is -0.495 e. The lowest BCUT2D eigenvalue weighted by atomic mass is 9.80. The van der Waals surface area contributed by atoms with E-state index in [1.165, 1.54) is 0 Å². The van der Waals surface area contributed by atoms with Gasteiger partial charge in [-0.2, -0.15) is 0 Å². The van der Waals surface area contributed by atoms with Crippen LogP contribution >= 0.6 is 0 Å². The Bertz CT molecular complexity index is 858. The van der Waals surface area contributed by atoms with Crippen molar-refractivity contribution in [3.63, 3.8) is 0 Å². The van der Waals surface area contributed by atoms with Crippen LogP contribution in [0.25, 0.3) is 0 Å². The minimum absolute atomic E-state index is 0.0520. The second-order valence-corrected chi connectivity index (χ2v) is 6.55. The molecule has 1 aliphatic heterocycles. The summed E-state index contributed by atoms with van der Waals surface area (Å²) in [6, 6.07) is 9.07. The number of β-lactam (4-membered cyclic amide) rings is 1. The monoisotopic (exact) mass is 386 g/mol. The molecule has 7 heteroatoms. The first-order valence-electron chi connectivity index (χ1n) is 9.07. The third-order valence-corrected chi connectivity index (χ3v) is 5.18. The van der Waals surface area contributed by atoms with Crippen molar-refractivity contribution in [1.29, 1.82) is 0 Å². The largest absolute Gasteiger partial charge is 0.495 e. The summed E-state index contributed by atoms with van der Waals surface area (Å²) in [4.78, 5) is 14.6. The number of amides is 1. The van der Waals surface area contributed by atoms with Crippen LogP contribution in [-0.2, 0) is 4.79 Å². The average molecular weight is 386 g/mol. The van der Waals surface area contributed by atoms with Gasteiger partial charge in [0.05, 0.1) is 51.8 Å². The Kier molecular flexibility index (Phi) is 5.53. The molecule has 0 spiro atoms. The molecular weight excluding hydrogens is 360 g/mol. The van der Waals surface area contributed by atoms with Gasteiger partial charge in [-0.05, 0) is 24.1 Å². The molecule has 0 aliphatic carbocycles. The van der Waals surface area contributed by atoms with Crippen LogP contribution in [0.2, 0.25) is 0 Å². The molecule has 150 valence electrons. The second kappa shape index (κ2) is 7.88. The summed E-state index contributed by atoms with van der Waals surface area (Å²) in [6.07, 6.45) is 0.732. The molecule has 7 nitrogen and oxygen atoms in total. The molecule has 1 fully saturated rings. The number of ether oxygens (including phenoxy) is 4. The van der Waals surface area contributed by atoms with Gasteiger partial charge in [0.2, 0.25) is 11.7 Å². The quantitative estimate of drug-likeness (QED) is 0.580. The molecular formula is C21H26N2O5. The molecule has 1 aliphatic rings. The zero-order chi connectivity index (χ0) is 20.4. The summed E-state index contributed by atoms with van der Waals surface area (Å²) >= 11 is 0. The Labute approximate surface area is 164 Å². The Hall–Kier alpha value is -3.09. The summed E-state index contributed by atoms with van der Waals surface area (Å²) < 4.78 is 21.5. The van der Waals surface area contributed by atoms with Crippen molar-refractivity contribution in [3.8, 4) is 23.0 Å². The number of methoxy groups -OCH3 is 4. The summed E-state index contributed by atoms with van der Waals surface area (Å²) in [5.74, 6) is 2.03. The van der Waals surface area contributed by atoms with Gasteiger partial charge < -0.3 is 29.6 Å². The third kappa shape index (κ3) is 3.06. The smallest absolute Gasteiger partial charge is 0.233 e. The number of hydrogen-bond acceptors (Lipinski definition) is 6. The zero-order valence-electron chi connectivity index (χ0n) is 16.8. The molecule has 1 saturated heterocycles. The van der Waals surface area contributed by atoms with Crippen molar-refractivity contribution in [2.24, 2.45) is 5.92 Å². The highest BCUT2D eigenvalue weighted by Gasteiger charge is 2.48. The zero-order valence-corrected chi connectivity index (χ0v) is 16.8. The van der Waals surface area contributed by atoms with Crippen LogP contribution in [0.1, 0.15) is 24.9 Å². The Morgan fingerprint density at radius 3 is 2.00 bits per heavy atom. The van der Waals surface area contributed by atoms with E-state index >= 15 is 0 Å². The topological polar surface area (TPSA) is 83.2 Å². The first kappa shape index (κ1) is 19.7. The summed E-state index contributed by atoms with van der Waals surface area (Å²) in [7, 11) is 6.23. The Morgan fingerprint density at radius 1 is 0.929 bits per heavy atom. The highest BCUT2D eigenvalue weighted by atomic mass is 16.5. The SMILES string of the molecule is CC[C@H]1C(=O)N(c2cc(OC)c(OC)c(OC)c2)[C@H]1c1ccc(OC)c(N)c1. The van der Waals surface area contributed by atoms with Gasteiger partial charge in [0, 0.05) is 12.1 Å². The normalized spacial score (nSPS) is 18.5. The third-order valence-electron chi connectivity index (χ3n) is 5.18. The fraction of sp³-hybridized carbons (Fsp3) is 0.381. The van der Waals surface area contributed by atoms with Crippen LogP contribution in [0.4, 0.5) is 11.4 Å². The van der Waals surface area contributed by atoms with E-state index in [0.717, 1.165) is 12.0 Å². The number of nitrogens with zero attached hydrogens (tertiary/aromatic N) is 1. The number of nitrogens with two attached hydrogens (primary N) is 1. The van der Waals surface area contributed by atoms with E-state index in [-0.39, 0.29) is 17.9 Å². The first-order chi connectivity index (χ1) is 13.5. The molecule has 2 aromatic rings. The highest BCUT2D eigenvalue weighted by Crippen LogP contribution is 2.49. The molecule has 1 amide bonds. The van der Waals surface area contributed by atoms with Gasteiger partial charge in [-0.3, -0.25) is 4.79 Å². The first-order valence-corrected chi connectivity index (χ1v) is 9.07. The molecule has 0 unspecified atom stereocenters. The number of rotatable bonds is 7. The fourth-order valence-electron chi connectivity index (χ4n) is 3.76. The average Bonchev–Trinajstić information content (AvgIpc) is 2.71. The van der Waals surface area contributed by atoms with E-state index in [1.54, 1.807) is 45.5 Å². The fourth-order valence-corrected chi connectivity index (χ4v) is 3.76. The number of nitrogen functional groups attached to an aromatic ring is 1. The van der Waals surface area contributed by atoms with Crippen LogP contribution in [0.15, 0.2) is 30.3 Å². The van der Waals surface area contributed by atoms with Gasteiger partial charge in [0.15, 0.2) is 11.5 Å². The van der Waals surface area contributed by atoms with Gasteiger partial charge in [0.1, 0.15) is 5.75 Å². The number of carbonyl (C=O) groups excluding carboxylic acids is 1. The van der Waals surface area contributed by atoms with E-state index in [9.17, 15) is 4.79 Å². The Balaban J connectivity index is 2.07. The lowest BCUT2D eigenvalue weighted by Gasteiger charge is -2.47.